The summed E-state index contributed by atoms with van der Waals surface area (Å²) in [7, 11) is 0. The molecule has 0 radical (unpaired) electrons. The van der Waals surface area contributed by atoms with Crippen LogP contribution in [0.25, 0.3) is 0 Å². The van der Waals surface area contributed by atoms with Crippen molar-refractivity contribution in [1.82, 2.24) is 0 Å². The van der Waals surface area contributed by atoms with Crippen molar-refractivity contribution >= 4 is 11.4 Å². The molecule has 0 aliphatic carbocycles. The number of benzene rings is 1. The fourth-order valence-electron chi connectivity index (χ4n) is 2.97. The summed E-state index contributed by atoms with van der Waals surface area (Å²) in [5.74, 6) is 0.312. The van der Waals surface area contributed by atoms with Crippen LogP contribution in [0.5, 0.6) is 5.75 Å². The average molecular weight is 278 g/mol. The zero-order valence-electron chi connectivity index (χ0n) is 11.8. The third-order valence-electron chi connectivity index (χ3n) is 3.91. The third kappa shape index (κ3) is 2.21. The highest BCUT2D eigenvalue weighted by molar-refractivity contribution is 6.04. The van der Waals surface area contributed by atoms with Crippen LogP contribution in [0.15, 0.2) is 17.3 Å². The molecule has 1 saturated heterocycles. The molecule has 4 nitrogen and oxygen atoms in total. The second-order valence-electron chi connectivity index (χ2n) is 6.08. The van der Waals surface area contributed by atoms with E-state index in [4.69, 9.17) is 9.94 Å². The maximum absolute atomic E-state index is 14.3. The quantitative estimate of drug-likeness (QED) is 0.634. The summed E-state index contributed by atoms with van der Waals surface area (Å²) in [6, 6.07) is 3.16. The van der Waals surface area contributed by atoms with Crippen molar-refractivity contribution in [3.63, 3.8) is 0 Å². The first-order valence-electron chi connectivity index (χ1n) is 6.99. The van der Waals surface area contributed by atoms with Crippen molar-refractivity contribution < 1.29 is 14.3 Å². The molecule has 0 amide bonds. The van der Waals surface area contributed by atoms with Gasteiger partial charge in [0.15, 0.2) is 0 Å². The molecule has 0 spiro atoms. The van der Waals surface area contributed by atoms with Crippen molar-refractivity contribution in [2.24, 2.45) is 5.16 Å². The molecule has 3 rings (SSSR count). The Kier molecular flexibility index (Phi) is 3.07. The molecular formula is C15H19FN2O2. The lowest BCUT2D eigenvalue weighted by atomic mass is 9.92. The first-order chi connectivity index (χ1) is 9.50. The number of rotatable bonds is 1. The van der Waals surface area contributed by atoms with Crippen molar-refractivity contribution in [2.45, 2.75) is 38.7 Å². The van der Waals surface area contributed by atoms with Gasteiger partial charge in [-0.2, -0.15) is 0 Å². The van der Waals surface area contributed by atoms with Crippen LogP contribution in [-0.4, -0.2) is 29.6 Å². The first kappa shape index (κ1) is 13.2. The molecule has 2 heterocycles. The topological polar surface area (TPSA) is 45.1 Å². The van der Waals surface area contributed by atoms with Gasteiger partial charge < -0.3 is 14.8 Å². The van der Waals surface area contributed by atoms with Crippen LogP contribution in [0.1, 0.15) is 38.7 Å². The number of ether oxygens (including phenoxy) is 1. The molecule has 108 valence electrons. The van der Waals surface area contributed by atoms with E-state index in [1.165, 1.54) is 6.07 Å². The number of fused-ring (bicyclic) bond motifs is 1. The Morgan fingerprint density at radius 2 is 2.00 bits per heavy atom. The Balaban J connectivity index is 2.07. The van der Waals surface area contributed by atoms with Crippen LogP contribution in [0.4, 0.5) is 10.1 Å². The number of nitrogens with zero attached hydrogens (tertiary/aromatic N) is 2. The minimum atomic E-state index is -0.450. The highest BCUT2D eigenvalue weighted by atomic mass is 19.1. The molecule has 0 bridgehead atoms. The van der Waals surface area contributed by atoms with Crippen LogP contribution in [0.2, 0.25) is 0 Å². The van der Waals surface area contributed by atoms with Crippen LogP contribution in [0, 0.1) is 5.82 Å². The second kappa shape index (κ2) is 4.65. The Morgan fingerprint density at radius 1 is 1.30 bits per heavy atom. The van der Waals surface area contributed by atoms with Gasteiger partial charge in [-0.05, 0) is 32.8 Å². The van der Waals surface area contributed by atoms with Gasteiger partial charge in [0, 0.05) is 31.1 Å². The lowest BCUT2D eigenvalue weighted by molar-refractivity contribution is 0.109. The van der Waals surface area contributed by atoms with E-state index in [-0.39, 0.29) is 5.82 Å². The third-order valence-corrected chi connectivity index (χ3v) is 3.91. The van der Waals surface area contributed by atoms with Gasteiger partial charge in [-0.15, -0.1) is 0 Å². The molecule has 0 unspecified atom stereocenters. The SMILES string of the molecule is CC1(C)C/C(=N\O)c2cc(F)c(N3CCCC3)cc2O1. The number of hydrogen-bond donors (Lipinski definition) is 1. The lowest BCUT2D eigenvalue weighted by Crippen LogP contribution is -2.36. The smallest absolute Gasteiger partial charge is 0.147 e. The molecule has 1 aromatic carbocycles. The fraction of sp³-hybridized carbons (Fsp3) is 0.533. The van der Waals surface area contributed by atoms with Crippen molar-refractivity contribution in [1.29, 1.82) is 0 Å². The summed E-state index contributed by atoms with van der Waals surface area (Å²) in [4.78, 5) is 2.04. The summed E-state index contributed by atoms with van der Waals surface area (Å²) < 4.78 is 20.2. The Hall–Kier alpha value is -1.78. The van der Waals surface area contributed by atoms with Crippen molar-refractivity contribution in [2.75, 3.05) is 18.0 Å². The van der Waals surface area contributed by atoms with E-state index in [1.54, 1.807) is 6.07 Å². The van der Waals surface area contributed by atoms with E-state index in [0.717, 1.165) is 25.9 Å². The highest BCUT2D eigenvalue weighted by Crippen LogP contribution is 2.38. The zero-order valence-corrected chi connectivity index (χ0v) is 11.8. The summed E-state index contributed by atoms with van der Waals surface area (Å²) in [5, 5.41) is 12.5. The molecule has 20 heavy (non-hydrogen) atoms. The predicted molar refractivity (Wildman–Crippen MR) is 75.5 cm³/mol. The molecule has 0 saturated carbocycles. The average Bonchev–Trinajstić information content (AvgIpc) is 2.91. The van der Waals surface area contributed by atoms with Crippen molar-refractivity contribution in [3.05, 3.63) is 23.5 Å². The Morgan fingerprint density at radius 3 is 2.65 bits per heavy atom. The van der Waals surface area contributed by atoms with E-state index < -0.39 is 5.60 Å². The Bertz CT molecular complexity index is 563. The molecular weight excluding hydrogens is 259 g/mol. The molecule has 0 atom stereocenters. The maximum atomic E-state index is 14.3. The minimum Gasteiger partial charge on any atom is -0.487 e. The van der Waals surface area contributed by atoms with Gasteiger partial charge in [-0.25, -0.2) is 4.39 Å². The van der Waals surface area contributed by atoms with Crippen LogP contribution >= 0.6 is 0 Å². The van der Waals surface area contributed by atoms with Gasteiger partial charge >= 0.3 is 0 Å². The lowest BCUT2D eigenvalue weighted by Gasteiger charge is -2.33. The second-order valence-corrected chi connectivity index (χ2v) is 6.08. The molecule has 0 aromatic heterocycles. The fourth-order valence-corrected chi connectivity index (χ4v) is 2.97. The normalized spacial score (nSPS) is 22.8. The van der Waals surface area contributed by atoms with Gasteiger partial charge in [-0.1, -0.05) is 5.16 Å². The van der Waals surface area contributed by atoms with Crippen molar-refractivity contribution in [3.8, 4) is 5.75 Å². The van der Waals surface area contributed by atoms with Gasteiger partial charge in [0.2, 0.25) is 0 Å². The molecule has 2 aliphatic heterocycles. The first-order valence-corrected chi connectivity index (χ1v) is 6.99. The van der Waals surface area contributed by atoms with E-state index in [9.17, 15) is 4.39 Å². The summed E-state index contributed by atoms with van der Waals surface area (Å²) in [5.41, 5.74) is 1.15. The molecule has 5 heteroatoms. The predicted octanol–water partition coefficient (Wildman–Crippen LogP) is 3.17. The van der Waals surface area contributed by atoms with E-state index >= 15 is 0 Å². The van der Waals surface area contributed by atoms with E-state index in [0.29, 0.717) is 29.1 Å². The van der Waals surface area contributed by atoms with Gasteiger partial charge in [0.1, 0.15) is 17.2 Å². The molecule has 1 N–H and O–H groups in total. The van der Waals surface area contributed by atoms with Gasteiger partial charge in [0.05, 0.1) is 11.4 Å². The number of oxime groups is 1. The largest absolute Gasteiger partial charge is 0.487 e. The zero-order chi connectivity index (χ0) is 14.3. The van der Waals surface area contributed by atoms with Crippen LogP contribution in [0.3, 0.4) is 0 Å². The van der Waals surface area contributed by atoms with E-state index in [2.05, 4.69) is 5.16 Å². The number of halogens is 1. The number of anilines is 1. The standard InChI is InChI=1S/C15H19FN2O2/c1-15(2)9-12(17-19)10-7-11(16)13(8-14(10)20-15)18-5-3-4-6-18/h7-8,19H,3-6,9H2,1-2H3/b17-12+. The summed E-state index contributed by atoms with van der Waals surface area (Å²) in [6.07, 6.45) is 2.64. The molecule has 2 aliphatic rings. The maximum Gasteiger partial charge on any atom is 0.147 e. The Labute approximate surface area is 117 Å². The van der Waals surface area contributed by atoms with Crippen LogP contribution < -0.4 is 9.64 Å². The summed E-state index contributed by atoms with van der Waals surface area (Å²) in [6.45, 7) is 5.61. The minimum absolute atomic E-state index is 0.282. The monoisotopic (exact) mass is 278 g/mol. The van der Waals surface area contributed by atoms with Gasteiger partial charge in [0.25, 0.3) is 0 Å². The van der Waals surface area contributed by atoms with Gasteiger partial charge in [-0.3, -0.25) is 0 Å². The number of hydrogen-bond acceptors (Lipinski definition) is 4. The van der Waals surface area contributed by atoms with Crippen LogP contribution in [-0.2, 0) is 0 Å². The molecule has 1 fully saturated rings. The summed E-state index contributed by atoms with van der Waals surface area (Å²) >= 11 is 0. The molecule has 1 aromatic rings. The highest BCUT2D eigenvalue weighted by Gasteiger charge is 2.33. The van der Waals surface area contributed by atoms with E-state index in [1.807, 2.05) is 18.7 Å².